The van der Waals surface area contributed by atoms with Crippen LogP contribution in [0.3, 0.4) is 0 Å². The molecular weight excluding hydrogens is 264 g/mol. The van der Waals surface area contributed by atoms with E-state index in [4.69, 9.17) is 5.26 Å². The Hall–Kier alpha value is -2.00. The number of aliphatic carboxylic acids is 1. The van der Waals surface area contributed by atoms with Crippen LogP contribution in [0.2, 0.25) is 0 Å². The Bertz CT molecular complexity index is 559. The molecule has 2 N–H and O–H groups in total. The molecule has 1 unspecified atom stereocenters. The van der Waals surface area contributed by atoms with Crippen molar-refractivity contribution in [2.45, 2.75) is 12.0 Å². The number of amides is 1. The van der Waals surface area contributed by atoms with Crippen LogP contribution in [0, 0.1) is 11.3 Å². The van der Waals surface area contributed by atoms with E-state index in [9.17, 15) is 14.7 Å². The first-order valence-corrected chi connectivity index (χ1v) is 6.87. The summed E-state index contributed by atoms with van der Waals surface area (Å²) in [5.74, 6) is -0.388. The molecule has 19 heavy (non-hydrogen) atoms. The highest BCUT2D eigenvalue weighted by atomic mass is 32.2. The summed E-state index contributed by atoms with van der Waals surface area (Å²) in [4.78, 5) is 23.4. The molecule has 0 aromatic heterocycles. The van der Waals surface area contributed by atoms with Gasteiger partial charge < -0.3 is 10.4 Å². The lowest BCUT2D eigenvalue weighted by Crippen LogP contribution is -2.54. The molecular formula is C13H12N2O3S. The fraction of sp³-hybridized carbons (Fsp3) is 0.308. The summed E-state index contributed by atoms with van der Waals surface area (Å²) in [6, 6.07) is 8.16. The topological polar surface area (TPSA) is 90.2 Å². The predicted molar refractivity (Wildman–Crippen MR) is 70.9 cm³/mol. The van der Waals surface area contributed by atoms with Gasteiger partial charge in [0.25, 0.3) is 5.91 Å². The number of thioether (sulfide) groups is 1. The van der Waals surface area contributed by atoms with Crippen LogP contribution >= 0.6 is 11.8 Å². The summed E-state index contributed by atoms with van der Waals surface area (Å²) in [7, 11) is 0. The monoisotopic (exact) mass is 276 g/mol. The fourth-order valence-corrected chi connectivity index (χ4v) is 3.23. The standard InChI is InChI=1S/C13H12N2O3S/c14-7-9-2-1-3-10(6-9)11(16)15-13(12(17)18)4-5-19-8-13/h1-3,6H,4-5,8H2,(H,15,16)(H,17,18). The average Bonchev–Trinajstić information content (AvgIpc) is 2.88. The van der Waals surface area contributed by atoms with Crippen LogP contribution in [0.25, 0.3) is 0 Å². The van der Waals surface area contributed by atoms with E-state index in [0.717, 1.165) is 0 Å². The molecule has 1 atom stereocenters. The largest absolute Gasteiger partial charge is 0.479 e. The van der Waals surface area contributed by atoms with Crippen LogP contribution in [0.4, 0.5) is 0 Å². The van der Waals surface area contributed by atoms with Gasteiger partial charge in [-0.15, -0.1) is 0 Å². The molecule has 1 aromatic rings. The zero-order valence-corrected chi connectivity index (χ0v) is 10.9. The third kappa shape index (κ3) is 2.71. The van der Waals surface area contributed by atoms with Gasteiger partial charge in [-0.25, -0.2) is 4.79 Å². The second kappa shape index (κ2) is 5.33. The maximum Gasteiger partial charge on any atom is 0.330 e. The normalized spacial score (nSPS) is 21.6. The Balaban J connectivity index is 2.20. The van der Waals surface area contributed by atoms with Gasteiger partial charge in [-0.2, -0.15) is 17.0 Å². The highest BCUT2D eigenvalue weighted by Gasteiger charge is 2.43. The van der Waals surface area contributed by atoms with E-state index in [2.05, 4.69) is 5.32 Å². The van der Waals surface area contributed by atoms with Crippen LogP contribution in [-0.2, 0) is 4.79 Å². The molecule has 98 valence electrons. The lowest BCUT2D eigenvalue weighted by molar-refractivity contribution is -0.143. The average molecular weight is 276 g/mol. The van der Waals surface area contributed by atoms with Gasteiger partial charge in [-0.05, 0) is 30.4 Å². The molecule has 2 rings (SSSR count). The van der Waals surface area contributed by atoms with Crippen LogP contribution in [0.1, 0.15) is 22.3 Å². The molecule has 0 aliphatic carbocycles. The van der Waals surface area contributed by atoms with Crippen LogP contribution in [0.15, 0.2) is 24.3 Å². The first kappa shape index (κ1) is 13.4. The zero-order chi connectivity index (χ0) is 13.9. The molecule has 1 saturated heterocycles. The third-order valence-corrected chi connectivity index (χ3v) is 4.23. The predicted octanol–water partition coefficient (Wildman–Crippen LogP) is 1.25. The van der Waals surface area contributed by atoms with E-state index < -0.39 is 17.4 Å². The summed E-state index contributed by atoms with van der Waals surface area (Å²) in [6.45, 7) is 0. The number of nitriles is 1. The molecule has 1 amide bonds. The summed E-state index contributed by atoms with van der Waals surface area (Å²) in [5.41, 5.74) is -0.515. The van der Waals surface area contributed by atoms with E-state index in [1.807, 2.05) is 6.07 Å². The highest BCUT2D eigenvalue weighted by molar-refractivity contribution is 7.99. The third-order valence-electron chi connectivity index (χ3n) is 3.04. The van der Waals surface area contributed by atoms with Crippen LogP contribution in [0.5, 0.6) is 0 Å². The van der Waals surface area contributed by atoms with Crippen molar-refractivity contribution in [3.63, 3.8) is 0 Å². The molecule has 0 saturated carbocycles. The van der Waals surface area contributed by atoms with Gasteiger partial charge >= 0.3 is 5.97 Å². The summed E-state index contributed by atoms with van der Waals surface area (Å²) < 4.78 is 0. The Morgan fingerprint density at radius 2 is 2.26 bits per heavy atom. The second-order valence-corrected chi connectivity index (χ2v) is 5.44. The molecule has 0 bridgehead atoms. The smallest absolute Gasteiger partial charge is 0.330 e. The summed E-state index contributed by atoms with van der Waals surface area (Å²) in [6.07, 6.45) is 0.413. The number of carbonyl (C=O) groups excluding carboxylic acids is 1. The Morgan fingerprint density at radius 3 is 2.84 bits per heavy atom. The molecule has 1 aliphatic rings. The molecule has 6 heteroatoms. The van der Waals surface area contributed by atoms with Gasteiger partial charge in [0.1, 0.15) is 5.54 Å². The number of benzene rings is 1. The first-order chi connectivity index (χ1) is 9.07. The van der Waals surface area contributed by atoms with Gasteiger partial charge in [-0.1, -0.05) is 6.07 Å². The van der Waals surface area contributed by atoms with E-state index in [1.165, 1.54) is 17.8 Å². The fourth-order valence-electron chi connectivity index (χ4n) is 1.91. The van der Waals surface area contributed by atoms with E-state index in [1.54, 1.807) is 18.2 Å². The van der Waals surface area contributed by atoms with E-state index in [0.29, 0.717) is 29.1 Å². The molecule has 1 heterocycles. The van der Waals surface area contributed by atoms with Gasteiger partial charge in [-0.3, -0.25) is 4.79 Å². The number of hydrogen-bond donors (Lipinski definition) is 2. The van der Waals surface area contributed by atoms with Crippen molar-refractivity contribution in [1.29, 1.82) is 5.26 Å². The minimum Gasteiger partial charge on any atom is -0.479 e. The Labute approximate surface area is 114 Å². The highest BCUT2D eigenvalue weighted by Crippen LogP contribution is 2.28. The van der Waals surface area contributed by atoms with Crippen molar-refractivity contribution < 1.29 is 14.7 Å². The summed E-state index contributed by atoms with van der Waals surface area (Å²) in [5, 5.41) is 20.7. The number of nitrogens with one attached hydrogen (secondary N) is 1. The van der Waals surface area contributed by atoms with Crippen molar-refractivity contribution in [1.82, 2.24) is 5.32 Å². The van der Waals surface area contributed by atoms with Gasteiger partial charge in [0, 0.05) is 11.3 Å². The SMILES string of the molecule is N#Cc1cccc(C(=O)NC2(C(=O)O)CCSC2)c1. The molecule has 5 nitrogen and oxygen atoms in total. The van der Waals surface area contributed by atoms with E-state index >= 15 is 0 Å². The maximum absolute atomic E-state index is 12.1. The number of carbonyl (C=O) groups is 2. The lowest BCUT2D eigenvalue weighted by atomic mass is 9.98. The number of hydrogen-bond acceptors (Lipinski definition) is 4. The quantitative estimate of drug-likeness (QED) is 0.867. The maximum atomic E-state index is 12.1. The first-order valence-electron chi connectivity index (χ1n) is 5.71. The molecule has 0 spiro atoms. The van der Waals surface area contributed by atoms with Crippen molar-refractivity contribution in [3.8, 4) is 6.07 Å². The molecule has 1 aliphatic heterocycles. The van der Waals surface area contributed by atoms with Gasteiger partial charge in [0.2, 0.25) is 0 Å². The van der Waals surface area contributed by atoms with Crippen molar-refractivity contribution in [3.05, 3.63) is 35.4 Å². The number of rotatable bonds is 3. The Kier molecular flexibility index (Phi) is 3.76. The zero-order valence-electron chi connectivity index (χ0n) is 10.0. The lowest BCUT2D eigenvalue weighted by Gasteiger charge is -2.24. The molecule has 0 radical (unpaired) electrons. The Morgan fingerprint density at radius 1 is 1.47 bits per heavy atom. The minimum atomic E-state index is -1.19. The second-order valence-electron chi connectivity index (χ2n) is 4.34. The number of nitrogens with zero attached hydrogens (tertiary/aromatic N) is 1. The van der Waals surface area contributed by atoms with Crippen molar-refractivity contribution in [2.24, 2.45) is 0 Å². The molecule has 1 aromatic carbocycles. The van der Waals surface area contributed by atoms with Crippen LogP contribution in [-0.4, -0.2) is 34.0 Å². The van der Waals surface area contributed by atoms with Gasteiger partial charge in [0.05, 0.1) is 11.6 Å². The number of carboxylic acid groups (broad SMARTS) is 1. The van der Waals surface area contributed by atoms with Gasteiger partial charge in [0.15, 0.2) is 0 Å². The number of carboxylic acids is 1. The minimum absolute atomic E-state index is 0.302. The summed E-state index contributed by atoms with van der Waals surface area (Å²) >= 11 is 1.51. The van der Waals surface area contributed by atoms with Crippen molar-refractivity contribution >= 4 is 23.6 Å². The van der Waals surface area contributed by atoms with Crippen molar-refractivity contribution in [2.75, 3.05) is 11.5 Å². The molecule has 1 fully saturated rings. The van der Waals surface area contributed by atoms with Crippen LogP contribution < -0.4 is 5.32 Å². The van der Waals surface area contributed by atoms with E-state index in [-0.39, 0.29) is 0 Å².